The Morgan fingerprint density at radius 2 is 1.73 bits per heavy atom. The molecule has 22 heavy (non-hydrogen) atoms. The van der Waals surface area contributed by atoms with Gasteiger partial charge >= 0.3 is 6.18 Å². The lowest BCUT2D eigenvalue weighted by atomic mass is 10.2. The van der Waals surface area contributed by atoms with Gasteiger partial charge in [0.15, 0.2) is 6.61 Å². The highest BCUT2D eigenvalue weighted by Gasteiger charge is 2.34. The first kappa shape index (κ1) is 16.2. The molecular formula is C15H11ClF3NO2. The van der Waals surface area contributed by atoms with Gasteiger partial charge in [-0.15, -0.1) is 0 Å². The minimum atomic E-state index is -4.55. The molecule has 0 atom stereocenters. The van der Waals surface area contributed by atoms with Crippen molar-refractivity contribution in [3.05, 3.63) is 59.1 Å². The molecule has 1 amide bonds. The molecule has 0 spiro atoms. The van der Waals surface area contributed by atoms with E-state index in [0.29, 0.717) is 10.7 Å². The largest absolute Gasteiger partial charge is 0.483 e. The van der Waals surface area contributed by atoms with Gasteiger partial charge in [0.05, 0.1) is 16.3 Å². The van der Waals surface area contributed by atoms with Crippen LogP contribution < -0.4 is 10.1 Å². The minimum absolute atomic E-state index is 0.326. The molecule has 0 aliphatic heterocycles. The molecule has 116 valence electrons. The van der Waals surface area contributed by atoms with Crippen LogP contribution in [0.3, 0.4) is 0 Å². The van der Waals surface area contributed by atoms with Gasteiger partial charge in [-0.1, -0.05) is 35.9 Å². The van der Waals surface area contributed by atoms with Crippen molar-refractivity contribution >= 4 is 23.2 Å². The second-order valence-corrected chi connectivity index (χ2v) is 4.72. The molecule has 2 rings (SSSR count). The lowest BCUT2D eigenvalue weighted by molar-refractivity contribution is -0.139. The topological polar surface area (TPSA) is 38.3 Å². The fourth-order valence-corrected chi connectivity index (χ4v) is 1.90. The number of para-hydroxylation sites is 2. The second-order valence-electron chi connectivity index (χ2n) is 4.31. The van der Waals surface area contributed by atoms with Crippen molar-refractivity contribution in [3.63, 3.8) is 0 Å². The zero-order valence-corrected chi connectivity index (χ0v) is 11.9. The maximum atomic E-state index is 12.8. The van der Waals surface area contributed by atoms with Crippen LogP contribution in [0.2, 0.25) is 5.02 Å². The highest BCUT2D eigenvalue weighted by Crippen LogP contribution is 2.35. The summed E-state index contributed by atoms with van der Waals surface area (Å²) in [6.07, 6.45) is -4.55. The van der Waals surface area contributed by atoms with Gasteiger partial charge in [0.2, 0.25) is 0 Å². The van der Waals surface area contributed by atoms with Gasteiger partial charge in [-0.25, -0.2) is 0 Å². The number of halogens is 4. The summed E-state index contributed by atoms with van der Waals surface area (Å²) in [6, 6.07) is 11.2. The van der Waals surface area contributed by atoms with Crippen molar-refractivity contribution < 1.29 is 22.7 Å². The SMILES string of the molecule is O=C(COc1ccccc1C(F)(F)F)Nc1ccccc1Cl. The average Bonchev–Trinajstić information content (AvgIpc) is 2.47. The maximum absolute atomic E-state index is 12.8. The van der Waals surface area contributed by atoms with Crippen molar-refractivity contribution in [2.24, 2.45) is 0 Å². The van der Waals surface area contributed by atoms with Gasteiger partial charge < -0.3 is 10.1 Å². The van der Waals surface area contributed by atoms with Crippen LogP contribution in [0.25, 0.3) is 0 Å². The minimum Gasteiger partial charge on any atom is -0.483 e. The van der Waals surface area contributed by atoms with Crippen molar-refractivity contribution in [1.82, 2.24) is 0 Å². The van der Waals surface area contributed by atoms with E-state index in [0.717, 1.165) is 12.1 Å². The monoisotopic (exact) mass is 329 g/mol. The summed E-state index contributed by atoms with van der Waals surface area (Å²) in [5, 5.41) is 2.79. The molecular weight excluding hydrogens is 319 g/mol. The summed E-state index contributed by atoms with van der Waals surface area (Å²) in [7, 11) is 0. The molecule has 0 fully saturated rings. The first-order valence-electron chi connectivity index (χ1n) is 6.21. The number of benzene rings is 2. The molecule has 0 radical (unpaired) electrons. The zero-order chi connectivity index (χ0) is 16.2. The number of carbonyl (C=O) groups is 1. The van der Waals surface area contributed by atoms with Crippen molar-refractivity contribution in [2.75, 3.05) is 11.9 Å². The molecule has 0 bridgehead atoms. The Morgan fingerprint density at radius 1 is 1.09 bits per heavy atom. The molecule has 1 N–H and O–H groups in total. The van der Waals surface area contributed by atoms with Gasteiger partial charge in [-0.3, -0.25) is 4.79 Å². The predicted octanol–water partition coefficient (Wildman–Crippen LogP) is 4.38. The van der Waals surface area contributed by atoms with E-state index in [1.54, 1.807) is 24.3 Å². The van der Waals surface area contributed by atoms with Gasteiger partial charge in [-0.2, -0.15) is 13.2 Å². The Kier molecular flexibility index (Phi) is 4.92. The molecule has 0 saturated carbocycles. The number of ether oxygens (including phenoxy) is 1. The maximum Gasteiger partial charge on any atom is 0.419 e. The zero-order valence-electron chi connectivity index (χ0n) is 11.2. The van der Waals surface area contributed by atoms with Crippen LogP contribution in [0.15, 0.2) is 48.5 Å². The predicted molar refractivity (Wildman–Crippen MR) is 77.0 cm³/mol. The quantitative estimate of drug-likeness (QED) is 0.904. The fourth-order valence-electron chi connectivity index (χ4n) is 1.72. The highest BCUT2D eigenvalue weighted by atomic mass is 35.5. The van der Waals surface area contributed by atoms with Crippen molar-refractivity contribution in [3.8, 4) is 5.75 Å². The van der Waals surface area contributed by atoms with Gasteiger partial charge in [0.25, 0.3) is 5.91 Å². The third-order valence-electron chi connectivity index (χ3n) is 2.70. The molecule has 0 heterocycles. The normalized spacial score (nSPS) is 11.1. The van der Waals surface area contributed by atoms with Crippen LogP contribution in [-0.2, 0) is 11.0 Å². The molecule has 0 aromatic heterocycles. The summed E-state index contributed by atoms with van der Waals surface area (Å²) >= 11 is 5.87. The number of anilines is 1. The van der Waals surface area contributed by atoms with Crippen LogP contribution in [0.4, 0.5) is 18.9 Å². The van der Waals surface area contributed by atoms with Crippen molar-refractivity contribution in [1.29, 1.82) is 0 Å². The van der Waals surface area contributed by atoms with E-state index in [2.05, 4.69) is 5.32 Å². The van der Waals surface area contributed by atoms with Crippen LogP contribution >= 0.6 is 11.6 Å². The van der Waals surface area contributed by atoms with E-state index in [1.807, 2.05) is 0 Å². The number of alkyl halides is 3. The molecule has 0 unspecified atom stereocenters. The molecule has 2 aromatic rings. The average molecular weight is 330 g/mol. The van der Waals surface area contributed by atoms with E-state index in [4.69, 9.17) is 16.3 Å². The lowest BCUT2D eigenvalue weighted by Gasteiger charge is -2.13. The van der Waals surface area contributed by atoms with Gasteiger partial charge in [0.1, 0.15) is 5.75 Å². The van der Waals surface area contributed by atoms with E-state index in [-0.39, 0.29) is 0 Å². The standard InChI is InChI=1S/C15H11ClF3NO2/c16-11-6-2-3-7-12(11)20-14(21)9-22-13-8-4-1-5-10(13)15(17,18)19/h1-8H,9H2,(H,20,21). The second kappa shape index (κ2) is 6.70. The van der Waals surface area contributed by atoms with Gasteiger partial charge in [0, 0.05) is 0 Å². The summed E-state index contributed by atoms with van der Waals surface area (Å²) in [5.41, 5.74) is -0.567. The smallest absolute Gasteiger partial charge is 0.419 e. The van der Waals surface area contributed by atoms with E-state index < -0.39 is 30.0 Å². The van der Waals surface area contributed by atoms with Gasteiger partial charge in [-0.05, 0) is 24.3 Å². The summed E-state index contributed by atoms with van der Waals surface area (Å²) < 4.78 is 43.3. The molecule has 0 aliphatic carbocycles. The van der Waals surface area contributed by atoms with E-state index >= 15 is 0 Å². The van der Waals surface area contributed by atoms with E-state index in [9.17, 15) is 18.0 Å². The van der Waals surface area contributed by atoms with E-state index in [1.165, 1.54) is 12.1 Å². The molecule has 0 saturated heterocycles. The Morgan fingerprint density at radius 3 is 2.41 bits per heavy atom. The Labute approximate surface area is 129 Å². The third kappa shape index (κ3) is 4.14. The summed E-state index contributed by atoms with van der Waals surface area (Å²) in [4.78, 5) is 11.7. The van der Waals surface area contributed by atoms with Crippen LogP contribution in [0.1, 0.15) is 5.56 Å². The number of carbonyl (C=O) groups excluding carboxylic acids is 1. The first-order valence-corrected chi connectivity index (χ1v) is 6.59. The number of amides is 1. The molecule has 3 nitrogen and oxygen atoms in total. The molecule has 2 aromatic carbocycles. The number of rotatable bonds is 4. The Hall–Kier alpha value is -2.21. The van der Waals surface area contributed by atoms with Crippen molar-refractivity contribution in [2.45, 2.75) is 6.18 Å². The first-order chi connectivity index (χ1) is 10.4. The highest BCUT2D eigenvalue weighted by molar-refractivity contribution is 6.33. The van der Waals surface area contributed by atoms with Crippen LogP contribution in [0, 0.1) is 0 Å². The summed E-state index contributed by atoms with van der Waals surface area (Å²) in [5.74, 6) is -1.01. The fraction of sp³-hybridized carbons (Fsp3) is 0.133. The Balaban J connectivity index is 2.02. The molecule has 0 aliphatic rings. The number of nitrogens with one attached hydrogen (secondary N) is 1. The third-order valence-corrected chi connectivity index (χ3v) is 3.03. The Bertz CT molecular complexity index is 674. The molecule has 7 heteroatoms. The summed E-state index contributed by atoms with van der Waals surface area (Å²) in [6.45, 7) is -0.557. The number of hydrogen-bond acceptors (Lipinski definition) is 2. The van der Waals surface area contributed by atoms with Crippen LogP contribution in [-0.4, -0.2) is 12.5 Å². The van der Waals surface area contributed by atoms with Crippen LogP contribution in [0.5, 0.6) is 5.75 Å². The number of hydrogen-bond donors (Lipinski definition) is 1. The lowest BCUT2D eigenvalue weighted by Crippen LogP contribution is -2.21.